The van der Waals surface area contributed by atoms with Gasteiger partial charge in [-0.25, -0.2) is 0 Å². The Hall–Kier alpha value is -0.900. The fraction of sp³-hybridized carbons (Fsp3) is 0.632. The quantitative estimate of drug-likeness (QED) is 0.808. The second-order valence-corrected chi connectivity index (χ2v) is 6.58. The topological polar surface area (TPSA) is 23.6 Å². The summed E-state index contributed by atoms with van der Waals surface area (Å²) in [5.74, 6) is 0.177. The van der Waals surface area contributed by atoms with Gasteiger partial charge in [0.05, 0.1) is 5.92 Å². The lowest BCUT2D eigenvalue weighted by Crippen LogP contribution is -2.50. The molecule has 4 heteroatoms. The maximum absolute atomic E-state index is 12.0. The van der Waals surface area contributed by atoms with Crippen molar-refractivity contribution in [1.82, 2.24) is 9.80 Å². The summed E-state index contributed by atoms with van der Waals surface area (Å²) in [6.45, 7) is 15.2. The van der Waals surface area contributed by atoms with Crippen LogP contribution in [-0.4, -0.2) is 54.3 Å². The van der Waals surface area contributed by atoms with Crippen molar-refractivity contribution in [1.29, 1.82) is 0 Å². The molecule has 0 bridgehead atoms. The number of nitrogens with zero attached hydrogens (tertiary/aromatic N) is 2. The van der Waals surface area contributed by atoms with Crippen molar-refractivity contribution in [3.05, 3.63) is 34.9 Å². The fourth-order valence-electron chi connectivity index (χ4n) is 2.88. The predicted octanol–water partition coefficient (Wildman–Crippen LogP) is 4.06. The molecule has 1 heterocycles. The van der Waals surface area contributed by atoms with Crippen LogP contribution < -0.4 is 0 Å². The molecule has 1 fully saturated rings. The van der Waals surface area contributed by atoms with Crippen molar-refractivity contribution < 1.29 is 4.79 Å². The molecule has 130 valence electrons. The Kier molecular flexibility index (Phi) is 8.82. The Morgan fingerprint density at radius 3 is 2.04 bits per heavy atom. The third kappa shape index (κ3) is 6.25. The van der Waals surface area contributed by atoms with Crippen LogP contribution >= 0.6 is 11.6 Å². The van der Waals surface area contributed by atoms with Crippen LogP contribution in [-0.2, 0) is 4.79 Å². The van der Waals surface area contributed by atoms with Crippen LogP contribution in [0.3, 0.4) is 0 Å². The number of halogens is 1. The van der Waals surface area contributed by atoms with Crippen molar-refractivity contribution >= 4 is 17.4 Å². The zero-order valence-electron chi connectivity index (χ0n) is 15.2. The van der Waals surface area contributed by atoms with E-state index in [2.05, 4.69) is 23.6 Å². The molecule has 0 aromatic heterocycles. The fourth-order valence-corrected chi connectivity index (χ4v) is 3.01. The summed E-state index contributed by atoms with van der Waals surface area (Å²) < 4.78 is 0. The van der Waals surface area contributed by atoms with Crippen LogP contribution in [0.4, 0.5) is 0 Å². The minimum absolute atomic E-state index is 0.0483. The number of carbonyl (C=O) groups excluding carboxylic acids is 1. The maximum Gasteiger partial charge on any atom is 0.138 e. The number of hydrogen-bond donors (Lipinski definition) is 0. The van der Waals surface area contributed by atoms with Crippen LogP contribution in [0.25, 0.3) is 0 Å². The van der Waals surface area contributed by atoms with Crippen LogP contribution in [0.5, 0.6) is 0 Å². The number of rotatable bonds is 5. The van der Waals surface area contributed by atoms with Crippen LogP contribution in [0.2, 0.25) is 5.02 Å². The summed E-state index contributed by atoms with van der Waals surface area (Å²) in [7, 11) is 0. The summed E-state index contributed by atoms with van der Waals surface area (Å²) in [5.41, 5.74) is 1.07. The van der Waals surface area contributed by atoms with Gasteiger partial charge in [0.1, 0.15) is 5.78 Å². The summed E-state index contributed by atoms with van der Waals surface area (Å²) in [6, 6.07) is 8.27. The van der Waals surface area contributed by atoms with Gasteiger partial charge >= 0.3 is 0 Å². The number of ketones is 1. The Balaban J connectivity index is 0.00000127. The highest BCUT2D eigenvalue weighted by molar-refractivity contribution is 6.30. The molecule has 1 aliphatic heterocycles. The molecule has 1 aromatic carbocycles. The molecule has 0 spiro atoms. The first-order valence-corrected chi connectivity index (χ1v) is 9.07. The molecule has 3 nitrogen and oxygen atoms in total. The first kappa shape index (κ1) is 20.1. The third-order valence-electron chi connectivity index (χ3n) is 4.34. The van der Waals surface area contributed by atoms with E-state index in [1.807, 2.05) is 38.1 Å². The standard InChI is InChI=1S/C17H25ClN2O.C2H6/c1-13(2)20-10-8-19(9-11-20)12-17(14(3)21)15-4-6-16(18)7-5-15;1-2/h4-7,13,17H,8-12H2,1-3H3;1-2H3. The SMILES string of the molecule is CC.CC(=O)C(CN1CCN(C(C)C)CC1)c1ccc(Cl)cc1. The van der Waals surface area contributed by atoms with Crippen LogP contribution in [0.15, 0.2) is 24.3 Å². The molecule has 0 amide bonds. The number of benzene rings is 1. The van der Waals surface area contributed by atoms with Crippen LogP contribution in [0, 0.1) is 0 Å². The van der Waals surface area contributed by atoms with Crippen molar-refractivity contribution in [2.24, 2.45) is 0 Å². The van der Waals surface area contributed by atoms with Gasteiger partial charge in [0.15, 0.2) is 0 Å². The number of carbonyl (C=O) groups is 1. The lowest BCUT2D eigenvalue weighted by molar-refractivity contribution is -0.119. The normalized spacial score (nSPS) is 17.5. The molecule has 23 heavy (non-hydrogen) atoms. The van der Waals surface area contributed by atoms with E-state index in [1.54, 1.807) is 6.92 Å². The molecule has 1 aliphatic rings. The number of Topliss-reactive ketones (excluding diaryl/α,β-unsaturated/α-hetero) is 1. The number of piperazine rings is 1. The Morgan fingerprint density at radius 1 is 1.09 bits per heavy atom. The predicted molar refractivity (Wildman–Crippen MR) is 99.4 cm³/mol. The highest BCUT2D eigenvalue weighted by Gasteiger charge is 2.24. The molecule has 2 rings (SSSR count). The first-order valence-electron chi connectivity index (χ1n) is 8.69. The van der Waals surface area contributed by atoms with E-state index < -0.39 is 0 Å². The molecular formula is C19H31ClN2O. The van der Waals surface area contributed by atoms with E-state index in [4.69, 9.17) is 11.6 Å². The molecular weight excluding hydrogens is 308 g/mol. The third-order valence-corrected chi connectivity index (χ3v) is 4.59. The van der Waals surface area contributed by atoms with Gasteiger partial charge in [-0.2, -0.15) is 0 Å². The van der Waals surface area contributed by atoms with Crippen molar-refractivity contribution in [2.45, 2.75) is 46.6 Å². The molecule has 0 N–H and O–H groups in total. The maximum atomic E-state index is 12.0. The zero-order valence-corrected chi connectivity index (χ0v) is 15.9. The van der Waals surface area contributed by atoms with E-state index in [0.717, 1.165) is 38.3 Å². The van der Waals surface area contributed by atoms with Crippen molar-refractivity contribution in [3.63, 3.8) is 0 Å². The molecule has 0 radical (unpaired) electrons. The Bertz CT molecular complexity index is 465. The summed E-state index contributed by atoms with van der Waals surface area (Å²) in [6.07, 6.45) is 0. The van der Waals surface area contributed by atoms with Gasteiger partial charge in [-0.3, -0.25) is 14.6 Å². The monoisotopic (exact) mass is 338 g/mol. The van der Waals surface area contributed by atoms with Crippen molar-refractivity contribution in [2.75, 3.05) is 32.7 Å². The summed E-state index contributed by atoms with van der Waals surface area (Å²) in [4.78, 5) is 16.9. The molecule has 1 unspecified atom stereocenters. The van der Waals surface area contributed by atoms with Gasteiger partial charge in [-0.1, -0.05) is 37.6 Å². The number of hydrogen-bond acceptors (Lipinski definition) is 3. The average molecular weight is 339 g/mol. The molecule has 0 saturated carbocycles. The largest absolute Gasteiger partial charge is 0.300 e. The minimum atomic E-state index is -0.0483. The van der Waals surface area contributed by atoms with Gasteiger partial charge < -0.3 is 0 Å². The first-order chi connectivity index (χ1) is 11.0. The van der Waals surface area contributed by atoms with Gasteiger partial charge in [0, 0.05) is 43.8 Å². The average Bonchev–Trinajstić information content (AvgIpc) is 2.55. The summed E-state index contributed by atoms with van der Waals surface area (Å²) >= 11 is 5.93. The molecule has 1 saturated heterocycles. The second kappa shape index (κ2) is 10.1. The smallest absolute Gasteiger partial charge is 0.138 e. The zero-order chi connectivity index (χ0) is 17.4. The van der Waals surface area contributed by atoms with Crippen LogP contribution in [0.1, 0.15) is 46.1 Å². The Morgan fingerprint density at radius 2 is 1.61 bits per heavy atom. The Labute approximate surface area is 146 Å². The van der Waals surface area contributed by atoms with E-state index in [9.17, 15) is 4.79 Å². The van der Waals surface area contributed by atoms with Crippen molar-refractivity contribution in [3.8, 4) is 0 Å². The second-order valence-electron chi connectivity index (χ2n) is 6.15. The highest BCUT2D eigenvalue weighted by Crippen LogP contribution is 2.21. The van der Waals surface area contributed by atoms with Gasteiger partial charge in [-0.05, 0) is 38.5 Å². The minimum Gasteiger partial charge on any atom is -0.300 e. The van der Waals surface area contributed by atoms with Gasteiger partial charge in [-0.15, -0.1) is 0 Å². The van der Waals surface area contributed by atoms with E-state index >= 15 is 0 Å². The summed E-state index contributed by atoms with van der Waals surface area (Å²) in [5, 5.41) is 0.714. The van der Waals surface area contributed by atoms with E-state index in [0.29, 0.717) is 11.1 Å². The molecule has 1 atom stereocenters. The molecule has 1 aromatic rings. The van der Waals surface area contributed by atoms with E-state index in [-0.39, 0.29) is 11.7 Å². The lowest BCUT2D eigenvalue weighted by atomic mass is 9.94. The molecule has 0 aliphatic carbocycles. The van der Waals surface area contributed by atoms with Gasteiger partial charge in [0.25, 0.3) is 0 Å². The lowest BCUT2D eigenvalue weighted by Gasteiger charge is -2.38. The van der Waals surface area contributed by atoms with E-state index in [1.165, 1.54) is 0 Å². The highest BCUT2D eigenvalue weighted by atomic mass is 35.5. The van der Waals surface area contributed by atoms with Gasteiger partial charge in [0.2, 0.25) is 0 Å².